The van der Waals surface area contributed by atoms with Gasteiger partial charge in [0, 0.05) is 17.5 Å². The van der Waals surface area contributed by atoms with Crippen LogP contribution in [-0.2, 0) is 0 Å². The van der Waals surface area contributed by atoms with Gasteiger partial charge in [-0.05, 0) is 35.9 Å². The molecule has 0 spiro atoms. The van der Waals surface area contributed by atoms with E-state index in [1.807, 2.05) is 13.0 Å². The molecule has 20 heavy (non-hydrogen) atoms. The van der Waals surface area contributed by atoms with Crippen molar-refractivity contribution in [2.45, 2.75) is 6.92 Å². The minimum Gasteiger partial charge on any atom is -0.366 e. The molecule has 100 valence electrons. The second-order valence-electron chi connectivity index (χ2n) is 3.94. The first kappa shape index (κ1) is 13.2. The first-order valence-electron chi connectivity index (χ1n) is 5.63. The van der Waals surface area contributed by atoms with E-state index < -0.39 is 5.91 Å². The molecule has 1 amide bonds. The number of primary amides is 1. The molecule has 1 heterocycles. The van der Waals surface area contributed by atoms with E-state index in [0.717, 1.165) is 11.3 Å². The highest BCUT2D eigenvalue weighted by molar-refractivity contribution is 5.93. The highest BCUT2D eigenvalue weighted by Gasteiger charge is 2.07. The fourth-order valence-electron chi connectivity index (χ4n) is 1.55. The van der Waals surface area contributed by atoms with Crippen molar-refractivity contribution in [2.75, 3.05) is 5.32 Å². The summed E-state index contributed by atoms with van der Waals surface area (Å²) < 4.78 is 0. The molecule has 0 aliphatic rings. The van der Waals surface area contributed by atoms with E-state index in [1.54, 1.807) is 18.2 Å². The van der Waals surface area contributed by atoms with Crippen LogP contribution in [0, 0.1) is 18.3 Å². The van der Waals surface area contributed by atoms with Crippen molar-refractivity contribution in [3.05, 3.63) is 41.4 Å². The van der Waals surface area contributed by atoms with Gasteiger partial charge < -0.3 is 11.1 Å². The Balaban J connectivity index is 2.22. The van der Waals surface area contributed by atoms with Gasteiger partial charge >= 0.3 is 0 Å². The molecule has 1 aromatic heterocycles. The minimum atomic E-state index is -0.486. The van der Waals surface area contributed by atoms with Crippen molar-refractivity contribution in [2.24, 2.45) is 5.73 Å². The molecule has 0 unspecified atom stereocenters. The van der Waals surface area contributed by atoms with Crippen LogP contribution in [0.15, 0.2) is 24.4 Å². The van der Waals surface area contributed by atoms with Crippen LogP contribution >= 0.6 is 0 Å². The largest absolute Gasteiger partial charge is 0.366 e. The van der Waals surface area contributed by atoms with Gasteiger partial charge in [0.25, 0.3) is 0 Å². The number of carbonyl (C=O) groups excluding carboxylic acids is 1. The van der Waals surface area contributed by atoms with Crippen molar-refractivity contribution in [1.82, 2.24) is 20.6 Å². The fraction of sp³-hybridized carbons (Fsp3) is 0.0833. The Kier molecular flexibility index (Phi) is 3.72. The molecule has 0 aliphatic heterocycles. The number of carbonyl (C=O) groups is 1. The maximum Gasteiger partial charge on any atom is 0.248 e. The maximum atomic E-state index is 11.1. The Morgan fingerprint density at radius 3 is 2.90 bits per heavy atom. The molecule has 0 bridgehead atoms. The van der Waals surface area contributed by atoms with Gasteiger partial charge in [0.05, 0.1) is 0 Å². The standard InChI is InChI=1S/C12H11N7O/c1-7-4-8(11(14)20)2-3-10(7)15-6-9(5-13)12-16-18-19-17-12/h2-4,6,15H,1H3,(H2,14,20)(H,16,17,18,19). The molecule has 0 saturated heterocycles. The first-order chi connectivity index (χ1) is 9.61. The van der Waals surface area contributed by atoms with E-state index >= 15 is 0 Å². The number of amides is 1. The van der Waals surface area contributed by atoms with Crippen molar-refractivity contribution in [3.63, 3.8) is 0 Å². The van der Waals surface area contributed by atoms with E-state index in [2.05, 4.69) is 25.9 Å². The molecule has 8 nitrogen and oxygen atoms in total. The molecular weight excluding hydrogens is 258 g/mol. The molecule has 4 N–H and O–H groups in total. The summed E-state index contributed by atoms with van der Waals surface area (Å²) in [6.07, 6.45) is 1.47. The zero-order valence-electron chi connectivity index (χ0n) is 10.6. The second-order valence-corrected chi connectivity index (χ2v) is 3.94. The number of H-pyrrole nitrogens is 1. The molecule has 2 rings (SSSR count). The Morgan fingerprint density at radius 2 is 2.35 bits per heavy atom. The van der Waals surface area contributed by atoms with Crippen LogP contribution in [0.2, 0.25) is 0 Å². The first-order valence-corrected chi connectivity index (χ1v) is 5.63. The van der Waals surface area contributed by atoms with E-state index in [0.29, 0.717) is 5.56 Å². The number of anilines is 1. The molecule has 8 heteroatoms. The Labute approximate surface area is 114 Å². The molecular formula is C12H11N7O. The molecule has 0 radical (unpaired) electrons. The van der Waals surface area contributed by atoms with Crippen molar-refractivity contribution >= 4 is 17.2 Å². The number of allylic oxidation sites excluding steroid dienone is 1. The molecule has 1 aromatic carbocycles. The summed E-state index contributed by atoms with van der Waals surface area (Å²) in [5.41, 5.74) is 7.42. The molecule has 2 aromatic rings. The smallest absolute Gasteiger partial charge is 0.248 e. The molecule has 0 atom stereocenters. The third-order valence-electron chi connectivity index (χ3n) is 2.59. The summed E-state index contributed by atoms with van der Waals surface area (Å²) in [6, 6.07) is 6.94. The lowest BCUT2D eigenvalue weighted by Gasteiger charge is -2.06. The number of aromatic amines is 1. The van der Waals surface area contributed by atoms with Gasteiger partial charge in [0.2, 0.25) is 11.7 Å². The lowest BCUT2D eigenvalue weighted by atomic mass is 10.1. The quantitative estimate of drug-likeness (QED) is 0.695. The van der Waals surface area contributed by atoms with Crippen molar-refractivity contribution < 1.29 is 4.79 Å². The third kappa shape index (κ3) is 2.78. The van der Waals surface area contributed by atoms with Crippen LogP contribution in [0.1, 0.15) is 21.7 Å². The Morgan fingerprint density at radius 1 is 1.55 bits per heavy atom. The number of nitrogens with two attached hydrogens (primary N) is 1. The lowest BCUT2D eigenvalue weighted by molar-refractivity contribution is 0.1000. The zero-order valence-corrected chi connectivity index (χ0v) is 10.6. The summed E-state index contributed by atoms with van der Waals surface area (Å²) >= 11 is 0. The number of rotatable bonds is 4. The van der Waals surface area contributed by atoms with Gasteiger partial charge in [-0.15, -0.1) is 10.2 Å². The van der Waals surface area contributed by atoms with Crippen molar-refractivity contribution in [3.8, 4) is 6.07 Å². The van der Waals surface area contributed by atoms with Crippen molar-refractivity contribution in [1.29, 1.82) is 5.26 Å². The number of benzene rings is 1. The van der Waals surface area contributed by atoms with Gasteiger partial charge in [0.15, 0.2) is 0 Å². The SMILES string of the molecule is Cc1cc(C(N)=O)ccc1NC=C(C#N)c1nn[nH]n1. The van der Waals surface area contributed by atoms with Gasteiger partial charge in [-0.2, -0.15) is 10.5 Å². The summed E-state index contributed by atoms with van der Waals surface area (Å²) in [5, 5.41) is 25.1. The number of tetrazole rings is 1. The van der Waals surface area contributed by atoms with E-state index in [4.69, 9.17) is 11.0 Å². The van der Waals surface area contributed by atoms with Gasteiger partial charge in [-0.1, -0.05) is 0 Å². The van der Waals surface area contributed by atoms with E-state index in [-0.39, 0.29) is 11.4 Å². The Hall–Kier alpha value is -3.21. The van der Waals surface area contributed by atoms with Crippen LogP contribution in [0.5, 0.6) is 0 Å². The summed E-state index contributed by atoms with van der Waals surface area (Å²) in [6.45, 7) is 1.82. The van der Waals surface area contributed by atoms with E-state index in [9.17, 15) is 4.79 Å². The number of aryl methyl sites for hydroxylation is 1. The predicted octanol–water partition coefficient (Wildman–Crippen LogP) is 0.584. The van der Waals surface area contributed by atoms with Gasteiger partial charge in [0.1, 0.15) is 11.6 Å². The zero-order chi connectivity index (χ0) is 14.5. The minimum absolute atomic E-state index is 0.200. The summed E-state index contributed by atoms with van der Waals surface area (Å²) in [4.78, 5) is 11.1. The van der Waals surface area contributed by atoms with Crippen LogP contribution < -0.4 is 11.1 Å². The monoisotopic (exact) mass is 269 g/mol. The number of aromatic nitrogens is 4. The average Bonchev–Trinajstić information content (AvgIpc) is 2.95. The highest BCUT2D eigenvalue weighted by Crippen LogP contribution is 2.17. The highest BCUT2D eigenvalue weighted by atomic mass is 16.1. The average molecular weight is 269 g/mol. The summed E-state index contributed by atoms with van der Waals surface area (Å²) in [7, 11) is 0. The second kappa shape index (κ2) is 5.62. The summed E-state index contributed by atoms with van der Waals surface area (Å²) in [5.74, 6) is -0.286. The number of hydrogen-bond donors (Lipinski definition) is 3. The maximum absolute atomic E-state index is 11.1. The third-order valence-corrected chi connectivity index (χ3v) is 2.59. The lowest BCUT2D eigenvalue weighted by Crippen LogP contribution is -2.11. The number of nitrogens with one attached hydrogen (secondary N) is 2. The molecule has 0 aliphatic carbocycles. The molecule has 0 saturated carbocycles. The van der Waals surface area contributed by atoms with Crippen LogP contribution in [0.3, 0.4) is 0 Å². The van der Waals surface area contributed by atoms with Crippen LogP contribution in [-0.4, -0.2) is 26.5 Å². The van der Waals surface area contributed by atoms with Crippen LogP contribution in [0.4, 0.5) is 5.69 Å². The Bertz CT molecular complexity index is 697. The topological polar surface area (TPSA) is 133 Å². The van der Waals surface area contributed by atoms with E-state index in [1.165, 1.54) is 6.20 Å². The number of nitriles is 1. The number of hydrogen-bond acceptors (Lipinski definition) is 6. The van der Waals surface area contributed by atoms with Gasteiger partial charge in [-0.3, -0.25) is 4.79 Å². The number of nitrogens with zero attached hydrogens (tertiary/aromatic N) is 4. The molecule has 0 fully saturated rings. The normalized spacial score (nSPS) is 10.9. The van der Waals surface area contributed by atoms with Gasteiger partial charge in [-0.25, -0.2) is 0 Å². The predicted molar refractivity (Wildman–Crippen MR) is 71.1 cm³/mol. The fourth-order valence-corrected chi connectivity index (χ4v) is 1.55. The van der Waals surface area contributed by atoms with Crippen LogP contribution in [0.25, 0.3) is 5.57 Å².